The Morgan fingerprint density at radius 3 is 2.71 bits per heavy atom. The number of hydrogen-bond acceptors (Lipinski definition) is 3. The lowest BCUT2D eigenvalue weighted by Gasteiger charge is -2.21. The molecule has 3 atom stereocenters. The molecule has 0 radical (unpaired) electrons. The van der Waals surface area contributed by atoms with Crippen molar-refractivity contribution < 1.29 is 14.3 Å². The van der Waals surface area contributed by atoms with E-state index in [4.69, 9.17) is 4.74 Å². The molecule has 2 fully saturated rings. The molecule has 0 heterocycles. The van der Waals surface area contributed by atoms with Crippen LogP contribution in [0.1, 0.15) is 43.0 Å². The van der Waals surface area contributed by atoms with E-state index in [1.54, 1.807) is 25.1 Å². The van der Waals surface area contributed by atoms with Crippen LogP contribution in [-0.4, -0.2) is 18.5 Å². The molecule has 0 spiro atoms. The monoisotopic (exact) mass is 287 g/mol. The van der Waals surface area contributed by atoms with E-state index >= 15 is 0 Å². The fourth-order valence-corrected chi connectivity index (χ4v) is 3.77. The van der Waals surface area contributed by atoms with Gasteiger partial charge in [-0.3, -0.25) is 4.79 Å². The van der Waals surface area contributed by atoms with Crippen LogP contribution in [0.15, 0.2) is 24.3 Å². The second kappa shape index (κ2) is 5.88. The maximum absolute atomic E-state index is 12.5. The molecule has 1 aromatic carbocycles. The lowest BCUT2D eigenvalue weighted by atomic mass is 9.88. The fraction of sp³-hybridized carbons (Fsp3) is 0.529. The van der Waals surface area contributed by atoms with E-state index in [2.05, 4.69) is 5.32 Å². The second-order valence-electron chi connectivity index (χ2n) is 6.04. The first-order valence-electron chi connectivity index (χ1n) is 7.76. The number of carbonyl (C=O) groups is 2. The first kappa shape index (κ1) is 14.1. The van der Waals surface area contributed by atoms with Crippen molar-refractivity contribution in [1.29, 1.82) is 0 Å². The maximum Gasteiger partial charge on any atom is 0.340 e. The predicted octanol–water partition coefficient (Wildman–Crippen LogP) is 3.24. The van der Waals surface area contributed by atoms with Gasteiger partial charge < -0.3 is 10.1 Å². The number of amides is 1. The minimum atomic E-state index is -0.388. The summed E-state index contributed by atoms with van der Waals surface area (Å²) >= 11 is 0. The Bertz CT molecular complexity index is 555. The van der Waals surface area contributed by atoms with Gasteiger partial charge in [0.05, 0.1) is 17.9 Å². The van der Waals surface area contributed by atoms with Crippen molar-refractivity contribution in [1.82, 2.24) is 0 Å². The molecule has 3 rings (SSSR count). The molecule has 112 valence electrons. The largest absolute Gasteiger partial charge is 0.462 e. The summed E-state index contributed by atoms with van der Waals surface area (Å²) in [4.78, 5) is 24.4. The molecule has 1 N–H and O–H groups in total. The van der Waals surface area contributed by atoms with Crippen molar-refractivity contribution >= 4 is 17.6 Å². The normalized spacial score (nSPS) is 26.6. The van der Waals surface area contributed by atoms with Crippen molar-refractivity contribution in [3.8, 4) is 0 Å². The molecule has 0 saturated heterocycles. The minimum Gasteiger partial charge on any atom is -0.462 e. The van der Waals surface area contributed by atoms with Gasteiger partial charge in [-0.05, 0) is 50.2 Å². The van der Waals surface area contributed by atoms with E-state index in [0.29, 0.717) is 23.8 Å². The zero-order valence-corrected chi connectivity index (χ0v) is 12.3. The van der Waals surface area contributed by atoms with Crippen molar-refractivity contribution in [3.63, 3.8) is 0 Å². The fourth-order valence-electron chi connectivity index (χ4n) is 3.77. The van der Waals surface area contributed by atoms with Gasteiger partial charge in [0.25, 0.3) is 0 Å². The lowest BCUT2D eigenvalue weighted by molar-refractivity contribution is -0.121. The number of rotatable bonds is 4. The quantitative estimate of drug-likeness (QED) is 0.865. The average molecular weight is 287 g/mol. The van der Waals surface area contributed by atoms with E-state index in [-0.39, 0.29) is 17.8 Å². The number of ether oxygens (including phenoxy) is 1. The molecule has 0 aromatic heterocycles. The summed E-state index contributed by atoms with van der Waals surface area (Å²) in [5.41, 5.74) is 0.986. The predicted molar refractivity (Wildman–Crippen MR) is 80.0 cm³/mol. The highest BCUT2D eigenvalue weighted by atomic mass is 16.5. The maximum atomic E-state index is 12.5. The number of nitrogens with one attached hydrogen (secondary N) is 1. The molecular formula is C17H21NO3. The Balaban J connectivity index is 1.73. The highest BCUT2D eigenvalue weighted by molar-refractivity contribution is 6.02. The zero-order valence-electron chi connectivity index (χ0n) is 12.3. The number of hydrogen-bond donors (Lipinski definition) is 1. The van der Waals surface area contributed by atoms with Gasteiger partial charge in [-0.1, -0.05) is 18.6 Å². The smallest absolute Gasteiger partial charge is 0.340 e. The van der Waals surface area contributed by atoms with Crippen molar-refractivity contribution in [2.24, 2.45) is 17.8 Å². The Morgan fingerprint density at radius 2 is 2.05 bits per heavy atom. The minimum absolute atomic E-state index is 0.0546. The number of fused-ring (bicyclic) bond motifs is 2. The van der Waals surface area contributed by atoms with Crippen LogP contribution < -0.4 is 5.32 Å². The Morgan fingerprint density at radius 1 is 1.24 bits per heavy atom. The molecule has 1 aromatic rings. The van der Waals surface area contributed by atoms with Crippen LogP contribution in [0.4, 0.5) is 5.69 Å². The number of benzene rings is 1. The molecule has 0 aliphatic heterocycles. The number of para-hydroxylation sites is 1. The highest BCUT2D eigenvalue weighted by Gasteiger charge is 2.43. The van der Waals surface area contributed by atoms with E-state index < -0.39 is 0 Å². The topological polar surface area (TPSA) is 55.4 Å². The summed E-state index contributed by atoms with van der Waals surface area (Å²) in [6.07, 6.45) is 4.63. The summed E-state index contributed by atoms with van der Waals surface area (Å²) in [5, 5.41) is 2.94. The first-order chi connectivity index (χ1) is 10.2. The van der Waals surface area contributed by atoms with E-state index in [1.165, 1.54) is 19.3 Å². The Hall–Kier alpha value is -1.84. The third kappa shape index (κ3) is 2.80. The molecule has 1 amide bonds. The van der Waals surface area contributed by atoms with Gasteiger partial charge >= 0.3 is 5.97 Å². The number of esters is 1. The van der Waals surface area contributed by atoms with E-state index in [0.717, 1.165) is 12.3 Å². The molecule has 2 aliphatic carbocycles. The molecule has 4 nitrogen and oxygen atoms in total. The van der Waals surface area contributed by atoms with Crippen LogP contribution >= 0.6 is 0 Å². The molecule has 21 heavy (non-hydrogen) atoms. The lowest BCUT2D eigenvalue weighted by Crippen LogP contribution is -2.28. The van der Waals surface area contributed by atoms with Crippen molar-refractivity contribution in [2.45, 2.75) is 32.6 Å². The van der Waals surface area contributed by atoms with Crippen LogP contribution in [-0.2, 0) is 9.53 Å². The Labute approximate surface area is 124 Å². The van der Waals surface area contributed by atoms with Crippen LogP contribution in [0.25, 0.3) is 0 Å². The SMILES string of the molecule is CCOC(=O)c1ccccc1NC(=O)[C@@H]1C[C@H]2CC[C@@H]1C2. The standard InChI is InChI=1S/C17H21NO3/c1-2-21-17(20)13-5-3-4-6-15(13)18-16(19)14-10-11-7-8-12(14)9-11/h3-6,11-12,14H,2,7-10H2,1H3,(H,18,19)/t11-,12+,14+/m0/s1. The van der Waals surface area contributed by atoms with Crippen LogP contribution in [0.3, 0.4) is 0 Å². The zero-order chi connectivity index (χ0) is 14.8. The molecular weight excluding hydrogens is 266 g/mol. The molecule has 4 heteroatoms. The highest BCUT2D eigenvalue weighted by Crippen LogP contribution is 2.48. The average Bonchev–Trinajstić information content (AvgIpc) is 3.10. The number of carbonyl (C=O) groups excluding carboxylic acids is 2. The summed E-state index contributed by atoms with van der Waals surface area (Å²) in [6, 6.07) is 7.05. The molecule has 2 aliphatic rings. The summed E-state index contributed by atoms with van der Waals surface area (Å²) in [7, 11) is 0. The van der Waals surface area contributed by atoms with E-state index in [9.17, 15) is 9.59 Å². The van der Waals surface area contributed by atoms with E-state index in [1.807, 2.05) is 6.07 Å². The van der Waals surface area contributed by atoms with Crippen LogP contribution in [0.5, 0.6) is 0 Å². The molecule has 2 saturated carbocycles. The Kier molecular flexibility index (Phi) is 3.95. The van der Waals surface area contributed by atoms with Crippen molar-refractivity contribution in [3.05, 3.63) is 29.8 Å². The van der Waals surface area contributed by atoms with Gasteiger partial charge in [0.15, 0.2) is 0 Å². The summed E-state index contributed by atoms with van der Waals surface area (Å²) in [5.74, 6) is 1.04. The van der Waals surface area contributed by atoms with Crippen LogP contribution in [0.2, 0.25) is 0 Å². The second-order valence-corrected chi connectivity index (χ2v) is 6.04. The first-order valence-corrected chi connectivity index (χ1v) is 7.76. The third-order valence-electron chi connectivity index (χ3n) is 4.76. The van der Waals surface area contributed by atoms with Gasteiger partial charge in [0.1, 0.15) is 0 Å². The third-order valence-corrected chi connectivity index (χ3v) is 4.76. The summed E-state index contributed by atoms with van der Waals surface area (Å²) < 4.78 is 5.03. The van der Waals surface area contributed by atoms with Gasteiger partial charge in [-0.25, -0.2) is 4.79 Å². The van der Waals surface area contributed by atoms with Crippen molar-refractivity contribution in [2.75, 3.05) is 11.9 Å². The van der Waals surface area contributed by atoms with Gasteiger partial charge in [0.2, 0.25) is 5.91 Å². The van der Waals surface area contributed by atoms with Gasteiger partial charge in [-0.15, -0.1) is 0 Å². The molecule has 2 bridgehead atoms. The van der Waals surface area contributed by atoms with Crippen LogP contribution in [0, 0.1) is 17.8 Å². The van der Waals surface area contributed by atoms with Gasteiger partial charge in [-0.2, -0.15) is 0 Å². The summed E-state index contributed by atoms with van der Waals surface area (Å²) in [6.45, 7) is 2.10. The molecule has 0 unspecified atom stereocenters. The number of anilines is 1. The van der Waals surface area contributed by atoms with Gasteiger partial charge in [0, 0.05) is 5.92 Å².